The summed E-state index contributed by atoms with van der Waals surface area (Å²) in [5.74, 6) is 1.79. The minimum Gasteiger partial charge on any atom is -0.383 e. The lowest BCUT2D eigenvalue weighted by molar-refractivity contribution is 0.205. The Morgan fingerprint density at radius 3 is 2.62 bits per heavy atom. The number of methoxy groups -OCH3 is 1. The van der Waals surface area contributed by atoms with E-state index in [0.717, 1.165) is 35.8 Å². The number of aromatic nitrogens is 2. The van der Waals surface area contributed by atoms with Crippen molar-refractivity contribution in [2.45, 2.75) is 13.8 Å². The van der Waals surface area contributed by atoms with Crippen molar-refractivity contribution in [3.8, 4) is 0 Å². The van der Waals surface area contributed by atoms with Crippen molar-refractivity contribution >= 4 is 21.7 Å². The van der Waals surface area contributed by atoms with Crippen LogP contribution in [0.25, 0.3) is 0 Å². The molecule has 0 radical (unpaired) electrons. The summed E-state index contributed by atoms with van der Waals surface area (Å²) in [4.78, 5) is 10.9. The summed E-state index contributed by atoms with van der Waals surface area (Å²) in [7, 11) is 1.71. The second kappa shape index (κ2) is 6.81. The standard InChI is InChI=1S/C11H18BrN3O/c1-9-8-11(14-10(2)13-9)15(5-4-12)6-7-16-3/h8H,4-7H2,1-3H3. The molecule has 0 saturated heterocycles. The molecular formula is C11H18BrN3O. The molecule has 0 aliphatic carbocycles. The van der Waals surface area contributed by atoms with Crippen molar-refractivity contribution in [1.82, 2.24) is 9.97 Å². The summed E-state index contributed by atoms with van der Waals surface area (Å²) in [5, 5.41) is 0.915. The molecule has 0 saturated carbocycles. The maximum absolute atomic E-state index is 5.10. The van der Waals surface area contributed by atoms with Crippen molar-refractivity contribution in [3.05, 3.63) is 17.6 Å². The molecule has 0 unspecified atom stereocenters. The minimum absolute atomic E-state index is 0.703. The van der Waals surface area contributed by atoms with Crippen LogP contribution in [-0.2, 0) is 4.74 Å². The summed E-state index contributed by atoms with van der Waals surface area (Å²) in [6, 6.07) is 2.01. The van der Waals surface area contributed by atoms with Gasteiger partial charge in [-0.1, -0.05) is 15.9 Å². The van der Waals surface area contributed by atoms with Crippen LogP contribution in [0.15, 0.2) is 6.07 Å². The van der Waals surface area contributed by atoms with Gasteiger partial charge in [-0.15, -0.1) is 0 Å². The zero-order valence-corrected chi connectivity index (χ0v) is 11.6. The number of nitrogens with zero attached hydrogens (tertiary/aromatic N) is 3. The fourth-order valence-electron chi connectivity index (χ4n) is 1.50. The molecule has 1 aromatic rings. The topological polar surface area (TPSA) is 38.2 Å². The van der Waals surface area contributed by atoms with E-state index in [1.807, 2.05) is 19.9 Å². The van der Waals surface area contributed by atoms with Crippen LogP contribution in [-0.4, -0.2) is 42.1 Å². The molecular weight excluding hydrogens is 270 g/mol. The van der Waals surface area contributed by atoms with Crippen molar-refractivity contribution in [2.75, 3.05) is 37.0 Å². The first kappa shape index (κ1) is 13.4. The van der Waals surface area contributed by atoms with E-state index >= 15 is 0 Å². The number of hydrogen-bond donors (Lipinski definition) is 0. The molecule has 0 bridgehead atoms. The third kappa shape index (κ3) is 4.06. The summed E-state index contributed by atoms with van der Waals surface area (Å²) in [5.41, 5.74) is 1.000. The highest BCUT2D eigenvalue weighted by molar-refractivity contribution is 9.09. The van der Waals surface area contributed by atoms with E-state index in [9.17, 15) is 0 Å². The molecule has 90 valence electrons. The van der Waals surface area contributed by atoms with E-state index in [4.69, 9.17) is 4.74 Å². The van der Waals surface area contributed by atoms with Crippen molar-refractivity contribution in [1.29, 1.82) is 0 Å². The first-order valence-corrected chi connectivity index (χ1v) is 6.41. The number of aryl methyl sites for hydroxylation is 2. The predicted octanol–water partition coefficient (Wildman–Crippen LogP) is 1.94. The first-order valence-electron chi connectivity index (χ1n) is 5.29. The van der Waals surface area contributed by atoms with Gasteiger partial charge in [-0.3, -0.25) is 0 Å². The van der Waals surface area contributed by atoms with E-state index in [0.29, 0.717) is 6.61 Å². The van der Waals surface area contributed by atoms with Gasteiger partial charge in [0.05, 0.1) is 6.61 Å². The number of rotatable bonds is 6. The van der Waals surface area contributed by atoms with Crippen molar-refractivity contribution in [2.24, 2.45) is 0 Å². The third-order valence-corrected chi connectivity index (χ3v) is 2.55. The minimum atomic E-state index is 0.703. The van der Waals surface area contributed by atoms with E-state index in [1.165, 1.54) is 0 Å². The van der Waals surface area contributed by atoms with Crippen LogP contribution in [0.2, 0.25) is 0 Å². The molecule has 1 rings (SSSR count). The van der Waals surface area contributed by atoms with Gasteiger partial charge in [0.1, 0.15) is 11.6 Å². The first-order chi connectivity index (χ1) is 7.67. The fraction of sp³-hybridized carbons (Fsp3) is 0.636. The van der Waals surface area contributed by atoms with Gasteiger partial charge < -0.3 is 9.64 Å². The summed E-state index contributed by atoms with van der Waals surface area (Å²) >= 11 is 3.45. The molecule has 0 N–H and O–H groups in total. The molecule has 0 aromatic carbocycles. The van der Waals surface area contributed by atoms with E-state index < -0.39 is 0 Å². The Labute approximate surface area is 105 Å². The molecule has 0 spiro atoms. The normalized spacial score (nSPS) is 10.5. The SMILES string of the molecule is COCCN(CCBr)c1cc(C)nc(C)n1. The largest absolute Gasteiger partial charge is 0.383 e. The van der Waals surface area contributed by atoms with Gasteiger partial charge in [0.2, 0.25) is 0 Å². The number of hydrogen-bond acceptors (Lipinski definition) is 4. The molecule has 0 aliphatic rings. The highest BCUT2D eigenvalue weighted by atomic mass is 79.9. The van der Waals surface area contributed by atoms with Gasteiger partial charge in [-0.25, -0.2) is 9.97 Å². The van der Waals surface area contributed by atoms with Crippen LogP contribution >= 0.6 is 15.9 Å². The number of alkyl halides is 1. The Balaban J connectivity index is 2.82. The van der Waals surface area contributed by atoms with E-state index in [1.54, 1.807) is 7.11 Å². The van der Waals surface area contributed by atoms with Gasteiger partial charge in [-0.05, 0) is 13.8 Å². The van der Waals surface area contributed by atoms with Crippen molar-refractivity contribution < 1.29 is 4.74 Å². The van der Waals surface area contributed by atoms with E-state index in [2.05, 4.69) is 30.8 Å². The average Bonchev–Trinajstić information content (AvgIpc) is 2.22. The zero-order chi connectivity index (χ0) is 12.0. The van der Waals surface area contributed by atoms with Crippen molar-refractivity contribution in [3.63, 3.8) is 0 Å². The highest BCUT2D eigenvalue weighted by Crippen LogP contribution is 2.12. The van der Waals surface area contributed by atoms with Gasteiger partial charge in [-0.2, -0.15) is 0 Å². The number of ether oxygens (including phenoxy) is 1. The monoisotopic (exact) mass is 287 g/mol. The molecule has 4 nitrogen and oxygen atoms in total. The van der Waals surface area contributed by atoms with Gasteiger partial charge in [0.15, 0.2) is 0 Å². The summed E-state index contributed by atoms with van der Waals surface area (Å²) in [6.45, 7) is 6.37. The average molecular weight is 288 g/mol. The smallest absolute Gasteiger partial charge is 0.132 e. The lowest BCUT2D eigenvalue weighted by Gasteiger charge is -2.22. The van der Waals surface area contributed by atoms with Crippen LogP contribution in [0.5, 0.6) is 0 Å². The third-order valence-electron chi connectivity index (χ3n) is 2.20. The second-order valence-electron chi connectivity index (χ2n) is 3.58. The maximum atomic E-state index is 5.10. The lowest BCUT2D eigenvalue weighted by atomic mass is 10.3. The quantitative estimate of drug-likeness (QED) is 0.750. The van der Waals surface area contributed by atoms with Crippen LogP contribution < -0.4 is 4.90 Å². The summed E-state index contributed by atoms with van der Waals surface area (Å²) in [6.07, 6.45) is 0. The van der Waals surface area contributed by atoms with E-state index in [-0.39, 0.29) is 0 Å². The fourth-order valence-corrected chi connectivity index (χ4v) is 1.93. The second-order valence-corrected chi connectivity index (χ2v) is 4.38. The number of anilines is 1. The van der Waals surface area contributed by atoms with Gasteiger partial charge in [0.25, 0.3) is 0 Å². The molecule has 16 heavy (non-hydrogen) atoms. The Morgan fingerprint density at radius 2 is 2.06 bits per heavy atom. The Morgan fingerprint density at radius 1 is 1.31 bits per heavy atom. The Hall–Kier alpha value is -0.680. The molecule has 0 fully saturated rings. The molecule has 0 atom stereocenters. The predicted molar refractivity (Wildman–Crippen MR) is 69.4 cm³/mol. The lowest BCUT2D eigenvalue weighted by Crippen LogP contribution is -2.30. The molecule has 1 heterocycles. The molecule has 0 aliphatic heterocycles. The molecule has 1 aromatic heterocycles. The van der Waals surface area contributed by atoms with Crippen LogP contribution in [0, 0.1) is 13.8 Å². The van der Waals surface area contributed by atoms with Crippen LogP contribution in [0.3, 0.4) is 0 Å². The number of halogens is 1. The van der Waals surface area contributed by atoms with Gasteiger partial charge >= 0.3 is 0 Å². The Kier molecular flexibility index (Phi) is 5.69. The highest BCUT2D eigenvalue weighted by Gasteiger charge is 2.08. The molecule has 0 amide bonds. The maximum Gasteiger partial charge on any atom is 0.132 e. The zero-order valence-electron chi connectivity index (χ0n) is 10.0. The van der Waals surface area contributed by atoms with Gasteiger partial charge in [0, 0.05) is 37.3 Å². The van der Waals surface area contributed by atoms with Crippen LogP contribution in [0.4, 0.5) is 5.82 Å². The molecule has 5 heteroatoms. The Bertz CT molecular complexity index is 313. The summed E-state index contributed by atoms with van der Waals surface area (Å²) < 4.78 is 5.10. The van der Waals surface area contributed by atoms with Crippen LogP contribution in [0.1, 0.15) is 11.5 Å².